The van der Waals surface area contributed by atoms with Crippen molar-refractivity contribution in [2.75, 3.05) is 36.4 Å². The zero-order valence-electron chi connectivity index (χ0n) is 12.6. The molecule has 7 heteroatoms. The third-order valence-electron chi connectivity index (χ3n) is 3.81. The Kier molecular flexibility index (Phi) is 3.69. The van der Waals surface area contributed by atoms with Crippen molar-refractivity contribution >= 4 is 28.5 Å². The predicted molar refractivity (Wildman–Crippen MR) is 89.9 cm³/mol. The van der Waals surface area contributed by atoms with E-state index in [1.165, 1.54) is 5.69 Å². The molecule has 23 heavy (non-hydrogen) atoms. The molecule has 1 saturated heterocycles. The Hall–Kier alpha value is -2.80. The summed E-state index contributed by atoms with van der Waals surface area (Å²) in [6.45, 7) is 4.03. The van der Waals surface area contributed by atoms with E-state index in [0.717, 1.165) is 37.5 Å². The van der Waals surface area contributed by atoms with Gasteiger partial charge >= 0.3 is 0 Å². The van der Waals surface area contributed by atoms with Gasteiger partial charge in [0.25, 0.3) is 0 Å². The van der Waals surface area contributed by atoms with E-state index in [1.807, 2.05) is 30.5 Å². The van der Waals surface area contributed by atoms with Crippen LogP contribution >= 0.6 is 0 Å². The number of nitrogens with one attached hydrogen (secondary N) is 2. The molecule has 0 saturated carbocycles. The average Bonchev–Trinajstić information content (AvgIpc) is 2.63. The zero-order chi connectivity index (χ0) is 15.5. The number of hydrogen-bond acceptors (Lipinski definition) is 7. The first-order valence-electron chi connectivity index (χ1n) is 7.65. The van der Waals surface area contributed by atoms with Crippen LogP contribution in [0, 0.1) is 0 Å². The summed E-state index contributed by atoms with van der Waals surface area (Å²) in [4.78, 5) is 19.6. The minimum atomic E-state index is 0.621. The Labute approximate surface area is 133 Å². The lowest BCUT2D eigenvalue weighted by molar-refractivity contribution is 0.589. The fourth-order valence-electron chi connectivity index (χ4n) is 2.66. The molecule has 1 aliphatic heterocycles. The fourth-order valence-corrected chi connectivity index (χ4v) is 2.66. The molecule has 0 radical (unpaired) electrons. The Morgan fingerprint density at radius 1 is 0.913 bits per heavy atom. The normalized spacial score (nSPS) is 14.9. The van der Waals surface area contributed by atoms with Crippen LogP contribution < -0.4 is 15.5 Å². The highest BCUT2D eigenvalue weighted by atomic mass is 15.2. The molecule has 4 heterocycles. The van der Waals surface area contributed by atoms with Crippen molar-refractivity contribution in [3.8, 4) is 0 Å². The molecule has 116 valence electrons. The van der Waals surface area contributed by atoms with Crippen LogP contribution in [0.25, 0.3) is 11.2 Å². The lowest BCUT2D eigenvalue weighted by Crippen LogP contribution is -2.43. The first-order chi connectivity index (χ1) is 11.4. The maximum Gasteiger partial charge on any atom is 0.180 e. The van der Waals surface area contributed by atoms with Crippen LogP contribution in [0.5, 0.6) is 0 Å². The first-order valence-corrected chi connectivity index (χ1v) is 7.65. The standard InChI is InChI=1S/C16H17N7/c1-2-14(22-16-13(1)18-5-6-20-16)21-15-11-12(3-4-19-15)23-9-7-17-8-10-23/h1-6,11,17H,7-10H2,(H,19,20,21,22). The van der Waals surface area contributed by atoms with Crippen molar-refractivity contribution in [2.24, 2.45) is 0 Å². The van der Waals surface area contributed by atoms with E-state index in [4.69, 9.17) is 0 Å². The van der Waals surface area contributed by atoms with Gasteiger partial charge in [-0.25, -0.2) is 15.0 Å². The number of fused-ring (bicyclic) bond motifs is 1. The van der Waals surface area contributed by atoms with E-state index < -0.39 is 0 Å². The molecule has 1 aliphatic rings. The fraction of sp³-hybridized carbons (Fsp3) is 0.250. The second-order valence-electron chi connectivity index (χ2n) is 5.36. The molecule has 1 fully saturated rings. The second-order valence-corrected chi connectivity index (χ2v) is 5.36. The second kappa shape index (κ2) is 6.13. The molecule has 0 aliphatic carbocycles. The van der Waals surface area contributed by atoms with Gasteiger partial charge < -0.3 is 15.5 Å². The molecule has 0 amide bonds. The minimum Gasteiger partial charge on any atom is -0.369 e. The van der Waals surface area contributed by atoms with Gasteiger partial charge in [-0.05, 0) is 18.2 Å². The SMILES string of the molecule is c1cc(N2CCNCC2)cc(Nc2ccc3nccnc3n2)n1. The molecular weight excluding hydrogens is 290 g/mol. The van der Waals surface area contributed by atoms with Gasteiger partial charge in [0.1, 0.15) is 17.2 Å². The maximum absolute atomic E-state index is 4.46. The number of nitrogens with zero attached hydrogens (tertiary/aromatic N) is 5. The van der Waals surface area contributed by atoms with Crippen molar-refractivity contribution in [2.45, 2.75) is 0 Å². The van der Waals surface area contributed by atoms with Crippen LogP contribution in [0.15, 0.2) is 42.9 Å². The predicted octanol–water partition coefficient (Wildman–Crippen LogP) is 1.57. The number of rotatable bonds is 3. The minimum absolute atomic E-state index is 0.621. The van der Waals surface area contributed by atoms with Crippen LogP contribution in [0.4, 0.5) is 17.3 Å². The number of aromatic nitrogens is 4. The third-order valence-corrected chi connectivity index (χ3v) is 3.81. The van der Waals surface area contributed by atoms with Gasteiger partial charge in [-0.15, -0.1) is 0 Å². The van der Waals surface area contributed by atoms with Gasteiger partial charge in [-0.2, -0.15) is 0 Å². The maximum atomic E-state index is 4.46. The van der Waals surface area contributed by atoms with E-state index in [1.54, 1.807) is 12.4 Å². The third kappa shape index (κ3) is 3.04. The van der Waals surface area contributed by atoms with Gasteiger partial charge in [-0.3, -0.25) is 4.98 Å². The van der Waals surface area contributed by atoms with Crippen LogP contribution in [0.3, 0.4) is 0 Å². The summed E-state index contributed by atoms with van der Waals surface area (Å²) in [5.74, 6) is 1.49. The lowest BCUT2D eigenvalue weighted by atomic mass is 10.3. The van der Waals surface area contributed by atoms with Crippen LogP contribution in [0.2, 0.25) is 0 Å². The molecule has 0 spiro atoms. The Balaban J connectivity index is 1.57. The highest BCUT2D eigenvalue weighted by molar-refractivity contribution is 5.72. The van der Waals surface area contributed by atoms with E-state index in [-0.39, 0.29) is 0 Å². The van der Waals surface area contributed by atoms with Crippen LogP contribution in [-0.4, -0.2) is 46.1 Å². The largest absolute Gasteiger partial charge is 0.369 e. The van der Waals surface area contributed by atoms with Gasteiger partial charge in [0.2, 0.25) is 0 Å². The van der Waals surface area contributed by atoms with Crippen molar-refractivity contribution in [1.82, 2.24) is 25.3 Å². The number of hydrogen-bond donors (Lipinski definition) is 2. The quantitative estimate of drug-likeness (QED) is 0.760. The lowest BCUT2D eigenvalue weighted by Gasteiger charge is -2.29. The number of piperazine rings is 1. The Bertz CT molecular complexity index is 814. The van der Waals surface area contributed by atoms with Crippen LogP contribution in [0.1, 0.15) is 0 Å². The molecule has 0 atom stereocenters. The van der Waals surface area contributed by atoms with Crippen LogP contribution in [-0.2, 0) is 0 Å². The molecular formula is C16H17N7. The summed E-state index contributed by atoms with van der Waals surface area (Å²) in [5, 5.41) is 6.60. The Morgan fingerprint density at radius 3 is 2.70 bits per heavy atom. The highest BCUT2D eigenvalue weighted by Gasteiger charge is 2.11. The van der Waals surface area contributed by atoms with Crippen molar-refractivity contribution in [1.29, 1.82) is 0 Å². The van der Waals surface area contributed by atoms with E-state index in [2.05, 4.69) is 35.5 Å². The summed E-state index contributed by atoms with van der Waals surface area (Å²) >= 11 is 0. The molecule has 2 N–H and O–H groups in total. The smallest absolute Gasteiger partial charge is 0.180 e. The van der Waals surface area contributed by atoms with E-state index in [0.29, 0.717) is 11.5 Å². The Morgan fingerprint density at radius 2 is 1.78 bits per heavy atom. The highest BCUT2D eigenvalue weighted by Crippen LogP contribution is 2.20. The molecule has 3 aromatic heterocycles. The first kappa shape index (κ1) is 13.8. The van der Waals surface area contributed by atoms with Gasteiger partial charge in [-0.1, -0.05) is 0 Å². The number of pyridine rings is 2. The summed E-state index contributed by atoms with van der Waals surface area (Å²) < 4.78 is 0. The van der Waals surface area contributed by atoms with Crippen molar-refractivity contribution in [3.05, 3.63) is 42.9 Å². The van der Waals surface area contributed by atoms with Gasteiger partial charge in [0, 0.05) is 56.5 Å². The van der Waals surface area contributed by atoms with Gasteiger partial charge in [0.05, 0.1) is 0 Å². The zero-order valence-corrected chi connectivity index (χ0v) is 12.6. The molecule has 4 rings (SSSR count). The van der Waals surface area contributed by atoms with Crippen molar-refractivity contribution < 1.29 is 0 Å². The van der Waals surface area contributed by atoms with E-state index in [9.17, 15) is 0 Å². The summed E-state index contributed by atoms with van der Waals surface area (Å²) in [5.41, 5.74) is 2.57. The van der Waals surface area contributed by atoms with Crippen molar-refractivity contribution in [3.63, 3.8) is 0 Å². The average molecular weight is 307 g/mol. The molecule has 3 aromatic rings. The molecule has 0 bridgehead atoms. The summed E-state index contributed by atoms with van der Waals surface area (Å²) in [7, 11) is 0. The monoisotopic (exact) mass is 307 g/mol. The molecule has 0 aromatic carbocycles. The summed E-state index contributed by atoms with van der Waals surface area (Å²) in [6, 6.07) is 7.87. The van der Waals surface area contributed by atoms with Gasteiger partial charge in [0.15, 0.2) is 5.65 Å². The number of anilines is 3. The summed E-state index contributed by atoms with van der Waals surface area (Å²) in [6.07, 6.45) is 5.12. The topological polar surface area (TPSA) is 78.9 Å². The molecule has 0 unspecified atom stereocenters. The van der Waals surface area contributed by atoms with E-state index >= 15 is 0 Å². The molecule has 7 nitrogen and oxygen atoms in total.